The number of ether oxygens (including phenoxy) is 1. The zero-order valence-corrected chi connectivity index (χ0v) is 17.7. The fourth-order valence-corrected chi connectivity index (χ4v) is 4.39. The summed E-state index contributed by atoms with van der Waals surface area (Å²) in [5, 5.41) is 10.1. The number of anilines is 2. The van der Waals surface area contributed by atoms with E-state index in [-0.39, 0.29) is 15.6 Å². The molecule has 8 nitrogen and oxygen atoms in total. The molecule has 2 N–H and O–H groups in total. The van der Waals surface area contributed by atoms with Crippen LogP contribution in [0.15, 0.2) is 52.9 Å². The smallest absolute Gasteiger partial charge is 0.291 e. The summed E-state index contributed by atoms with van der Waals surface area (Å²) >= 11 is 0.761. The summed E-state index contributed by atoms with van der Waals surface area (Å²) in [6.07, 6.45) is -0.120. The Hall–Kier alpha value is -2.98. The first-order chi connectivity index (χ1) is 13.7. The van der Waals surface area contributed by atoms with Gasteiger partial charge in [-0.3, -0.25) is 14.8 Å². The van der Waals surface area contributed by atoms with Gasteiger partial charge in [-0.1, -0.05) is 41.2 Å². The lowest BCUT2D eigenvalue weighted by Crippen LogP contribution is -2.15. The van der Waals surface area contributed by atoms with Gasteiger partial charge in [0.1, 0.15) is 5.75 Å². The number of rotatable bonds is 7. The summed E-state index contributed by atoms with van der Waals surface area (Å²) < 4.78 is 33.2. The Morgan fingerprint density at radius 1 is 1.10 bits per heavy atom. The highest BCUT2D eigenvalue weighted by molar-refractivity contribution is 7.94. The first-order valence-corrected chi connectivity index (χ1v) is 11.0. The fraction of sp³-hybridized carbons (Fsp3) is 0.211. The normalized spacial score (nSPS) is 11.3. The number of aromatic nitrogens is 2. The molecule has 1 amide bonds. The van der Waals surface area contributed by atoms with Crippen LogP contribution in [-0.4, -0.2) is 30.6 Å². The summed E-state index contributed by atoms with van der Waals surface area (Å²) in [5.74, 6) is 0.0148. The SMILES string of the molecule is Cc1cccc(C(=O)Nc2nnc(S(=O)(=O)Nc3ccccc3OC(C)C)s2)c1. The van der Waals surface area contributed by atoms with E-state index in [0.717, 1.165) is 16.9 Å². The lowest BCUT2D eigenvalue weighted by Gasteiger charge is -2.14. The molecule has 0 atom stereocenters. The molecule has 0 spiro atoms. The molecule has 29 heavy (non-hydrogen) atoms. The van der Waals surface area contributed by atoms with Crippen molar-refractivity contribution in [2.24, 2.45) is 0 Å². The molecule has 3 rings (SSSR count). The van der Waals surface area contributed by atoms with Crippen molar-refractivity contribution in [2.45, 2.75) is 31.2 Å². The first kappa shape index (κ1) is 20.7. The third kappa shape index (κ3) is 5.30. The number of sulfonamides is 1. The van der Waals surface area contributed by atoms with Crippen molar-refractivity contribution in [1.82, 2.24) is 10.2 Å². The standard InChI is InChI=1S/C19H20N4O4S2/c1-12(2)27-16-10-5-4-9-15(16)23-29(25,26)19-22-21-18(28-19)20-17(24)14-8-6-7-13(3)11-14/h4-12,23H,1-3H3,(H,20,21,24). The molecule has 3 aromatic rings. The molecule has 0 fully saturated rings. The molecule has 1 heterocycles. The van der Waals surface area contributed by atoms with E-state index in [9.17, 15) is 13.2 Å². The van der Waals surface area contributed by atoms with Crippen LogP contribution in [-0.2, 0) is 10.0 Å². The minimum Gasteiger partial charge on any atom is -0.489 e. The second-order valence-electron chi connectivity index (χ2n) is 6.46. The molecule has 0 unspecified atom stereocenters. The number of nitrogens with one attached hydrogen (secondary N) is 2. The highest BCUT2D eigenvalue weighted by Gasteiger charge is 2.23. The molecule has 152 valence electrons. The monoisotopic (exact) mass is 432 g/mol. The summed E-state index contributed by atoms with van der Waals surface area (Å²) in [5.41, 5.74) is 1.67. The van der Waals surface area contributed by atoms with Gasteiger partial charge in [0, 0.05) is 5.56 Å². The maximum absolute atomic E-state index is 12.7. The maximum atomic E-state index is 12.7. The summed E-state index contributed by atoms with van der Waals surface area (Å²) in [6.45, 7) is 5.57. The van der Waals surface area contributed by atoms with Crippen molar-refractivity contribution in [3.05, 3.63) is 59.7 Å². The van der Waals surface area contributed by atoms with Gasteiger partial charge >= 0.3 is 0 Å². The van der Waals surface area contributed by atoms with Crippen molar-refractivity contribution in [3.8, 4) is 5.75 Å². The molecular weight excluding hydrogens is 412 g/mol. The zero-order chi connectivity index (χ0) is 21.0. The van der Waals surface area contributed by atoms with Crippen molar-refractivity contribution < 1.29 is 17.9 Å². The number of para-hydroxylation sites is 2. The second kappa shape index (κ2) is 8.58. The van der Waals surface area contributed by atoms with E-state index in [1.165, 1.54) is 0 Å². The van der Waals surface area contributed by atoms with Gasteiger partial charge in [-0.15, -0.1) is 10.2 Å². The van der Waals surface area contributed by atoms with Crippen molar-refractivity contribution >= 4 is 38.1 Å². The average Bonchev–Trinajstić information content (AvgIpc) is 3.12. The largest absolute Gasteiger partial charge is 0.489 e. The van der Waals surface area contributed by atoms with Crippen LogP contribution in [0, 0.1) is 6.92 Å². The average molecular weight is 433 g/mol. The molecule has 10 heteroatoms. The van der Waals surface area contributed by atoms with Gasteiger partial charge in [0.25, 0.3) is 20.3 Å². The topological polar surface area (TPSA) is 110 Å². The molecule has 0 radical (unpaired) electrons. The van der Waals surface area contributed by atoms with E-state index < -0.39 is 15.9 Å². The van der Waals surface area contributed by atoms with Crippen LogP contribution in [0.1, 0.15) is 29.8 Å². The predicted molar refractivity (Wildman–Crippen MR) is 112 cm³/mol. The molecule has 0 aliphatic carbocycles. The second-order valence-corrected chi connectivity index (χ2v) is 9.30. The van der Waals surface area contributed by atoms with E-state index in [4.69, 9.17) is 4.74 Å². The molecule has 0 saturated heterocycles. The number of aryl methyl sites for hydroxylation is 1. The van der Waals surface area contributed by atoms with Gasteiger partial charge in [0.2, 0.25) is 5.13 Å². The Balaban J connectivity index is 1.76. The summed E-state index contributed by atoms with van der Waals surface area (Å²) in [4.78, 5) is 12.3. The quantitative estimate of drug-likeness (QED) is 0.551. The Bertz CT molecular complexity index is 1130. The summed E-state index contributed by atoms with van der Waals surface area (Å²) in [7, 11) is -3.99. The maximum Gasteiger partial charge on any atom is 0.291 e. The molecule has 0 aliphatic heterocycles. The van der Waals surface area contributed by atoms with Gasteiger partial charge in [0.15, 0.2) is 0 Å². The van der Waals surface area contributed by atoms with Gasteiger partial charge < -0.3 is 4.74 Å². The lowest BCUT2D eigenvalue weighted by molar-refractivity contribution is 0.102. The number of nitrogens with zero attached hydrogens (tertiary/aromatic N) is 2. The lowest BCUT2D eigenvalue weighted by atomic mass is 10.1. The third-order valence-electron chi connectivity index (χ3n) is 3.63. The Kier molecular flexibility index (Phi) is 6.14. The van der Waals surface area contributed by atoms with Crippen molar-refractivity contribution in [2.75, 3.05) is 10.0 Å². The first-order valence-electron chi connectivity index (χ1n) is 8.74. The van der Waals surface area contributed by atoms with Crippen molar-refractivity contribution in [3.63, 3.8) is 0 Å². The number of carbonyl (C=O) groups excluding carboxylic acids is 1. The Morgan fingerprint density at radius 2 is 1.86 bits per heavy atom. The van der Waals surface area contributed by atoms with E-state index in [1.807, 2.05) is 26.8 Å². The van der Waals surface area contributed by atoms with Gasteiger partial charge in [0.05, 0.1) is 11.8 Å². The van der Waals surface area contributed by atoms with Gasteiger partial charge in [-0.05, 0) is 45.0 Å². The van der Waals surface area contributed by atoms with Crippen LogP contribution < -0.4 is 14.8 Å². The minimum absolute atomic E-state index is 0.0867. The van der Waals surface area contributed by atoms with E-state index >= 15 is 0 Å². The van der Waals surface area contributed by atoms with Crippen LogP contribution in [0.25, 0.3) is 0 Å². The Labute approximate surface area is 173 Å². The minimum atomic E-state index is -3.99. The molecule has 0 bridgehead atoms. The highest BCUT2D eigenvalue weighted by Crippen LogP contribution is 2.29. The van der Waals surface area contributed by atoms with Crippen LogP contribution in [0.5, 0.6) is 5.75 Å². The number of hydrogen-bond acceptors (Lipinski definition) is 7. The van der Waals surface area contributed by atoms with Gasteiger partial charge in [-0.25, -0.2) is 0 Å². The van der Waals surface area contributed by atoms with Crippen LogP contribution >= 0.6 is 11.3 Å². The van der Waals surface area contributed by atoms with Crippen LogP contribution in [0.3, 0.4) is 0 Å². The highest BCUT2D eigenvalue weighted by atomic mass is 32.2. The number of benzene rings is 2. The van der Waals surface area contributed by atoms with Crippen molar-refractivity contribution in [1.29, 1.82) is 0 Å². The van der Waals surface area contributed by atoms with Gasteiger partial charge in [-0.2, -0.15) is 8.42 Å². The van der Waals surface area contributed by atoms with E-state index in [0.29, 0.717) is 17.0 Å². The van der Waals surface area contributed by atoms with Crippen LogP contribution in [0.2, 0.25) is 0 Å². The summed E-state index contributed by atoms with van der Waals surface area (Å²) in [6, 6.07) is 13.7. The fourth-order valence-electron chi connectivity index (χ4n) is 2.42. The zero-order valence-electron chi connectivity index (χ0n) is 16.0. The van der Waals surface area contributed by atoms with Crippen LogP contribution in [0.4, 0.5) is 10.8 Å². The number of amides is 1. The molecule has 0 aliphatic rings. The van der Waals surface area contributed by atoms with E-state index in [2.05, 4.69) is 20.2 Å². The molecular formula is C19H20N4O4S2. The predicted octanol–water partition coefficient (Wildman–Crippen LogP) is 3.69. The molecule has 2 aromatic carbocycles. The molecule has 1 aromatic heterocycles. The Morgan fingerprint density at radius 3 is 2.59 bits per heavy atom. The number of carbonyl (C=O) groups is 1. The molecule has 0 saturated carbocycles. The third-order valence-corrected chi connectivity index (χ3v) is 6.20. The number of hydrogen-bond donors (Lipinski definition) is 2. The van der Waals surface area contributed by atoms with E-state index in [1.54, 1.807) is 42.5 Å².